The third-order valence-corrected chi connectivity index (χ3v) is 4.26. The SMILES string of the molecule is O=C(Nc1cccc(-c2cnc3n2CCC3)c1)c1ccccc1F. The minimum atomic E-state index is -0.528. The summed E-state index contributed by atoms with van der Waals surface area (Å²) in [6.45, 7) is 0.969. The molecule has 0 saturated heterocycles. The Hall–Kier alpha value is -2.95. The molecule has 1 aliphatic heterocycles. The Morgan fingerprint density at radius 2 is 2.04 bits per heavy atom. The van der Waals surface area contributed by atoms with Gasteiger partial charge in [-0.3, -0.25) is 4.79 Å². The van der Waals surface area contributed by atoms with Crippen molar-refractivity contribution < 1.29 is 9.18 Å². The number of rotatable bonds is 3. The van der Waals surface area contributed by atoms with Gasteiger partial charge in [-0.15, -0.1) is 0 Å². The van der Waals surface area contributed by atoms with E-state index in [2.05, 4.69) is 14.9 Å². The van der Waals surface area contributed by atoms with Crippen molar-refractivity contribution in [2.24, 2.45) is 0 Å². The number of fused-ring (bicyclic) bond motifs is 1. The van der Waals surface area contributed by atoms with Crippen LogP contribution in [0.2, 0.25) is 0 Å². The lowest BCUT2D eigenvalue weighted by Crippen LogP contribution is -2.13. The van der Waals surface area contributed by atoms with Gasteiger partial charge in [0.05, 0.1) is 17.5 Å². The van der Waals surface area contributed by atoms with Gasteiger partial charge in [0, 0.05) is 24.2 Å². The van der Waals surface area contributed by atoms with E-state index in [1.807, 2.05) is 24.4 Å². The number of anilines is 1. The summed E-state index contributed by atoms with van der Waals surface area (Å²) in [6.07, 6.45) is 3.98. The van der Waals surface area contributed by atoms with Crippen molar-refractivity contribution >= 4 is 11.6 Å². The molecule has 0 spiro atoms. The summed E-state index contributed by atoms with van der Waals surface area (Å²) in [6, 6.07) is 13.5. The highest BCUT2D eigenvalue weighted by molar-refractivity contribution is 6.04. The topological polar surface area (TPSA) is 46.9 Å². The van der Waals surface area contributed by atoms with Crippen LogP contribution in [0.1, 0.15) is 22.6 Å². The second-order valence-electron chi connectivity index (χ2n) is 5.83. The first-order chi connectivity index (χ1) is 11.7. The first-order valence-corrected chi connectivity index (χ1v) is 7.93. The summed E-state index contributed by atoms with van der Waals surface area (Å²) in [7, 11) is 0. The molecule has 0 fully saturated rings. The molecular weight excluding hydrogens is 305 g/mol. The molecule has 0 saturated carbocycles. The number of hydrogen-bond acceptors (Lipinski definition) is 2. The number of amides is 1. The Kier molecular flexibility index (Phi) is 3.61. The number of carbonyl (C=O) groups excluding carboxylic acids is 1. The lowest BCUT2D eigenvalue weighted by atomic mass is 10.1. The van der Waals surface area contributed by atoms with Crippen LogP contribution in [-0.2, 0) is 13.0 Å². The lowest BCUT2D eigenvalue weighted by molar-refractivity contribution is 0.102. The standard InChI is InChI=1S/C19H16FN3O/c20-16-8-2-1-7-15(16)19(24)22-14-6-3-5-13(11-14)17-12-21-18-9-4-10-23(17)18/h1-3,5-8,11-12H,4,9-10H2,(H,22,24). The maximum Gasteiger partial charge on any atom is 0.258 e. The molecule has 0 atom stereocenters. The van der Waals surface area contributed by atoms with E-state index >= 15 is 0 Å². The number of nitrogens with zero attached hydrogens (tertiary/aromatic N) is 2. The van der Waals surface area contributed by atoms with Gasteiger partial charge in [0.25, 0.3) is 5.91 Å². The highest BCUT2D eigenvalue weighted by atomic mass is 19.1. The number of imidazole rings is 1. The fourth-order valence-corrected chi connectivity index (χ4v) is 3.09. The molecular formula is C19H16FN3O. The number of halogens is 1. The molecule has 1 N–H and O–H groups in total. The number of nitrogens with one attached hydrogen (secondary N) is 1. The van der Waals surface area contributed by atoms with Crippen LogP contribution in [0.15, 0.2) is 54.7 Å². The number of aromatic nitrogens is 2. The quantitative estimate of drug-likeness (QED) is 0.795. The van der Waals surface area contributed by atoms with Crippen molar-refractivity contribution in [3.8, 4) is 11.3 Å². The van der Waals surface area contributed by atoms with Crippen molar-refractivity contribution in [1.29, 1.82) is 0 Å². The predicted octanol–water partition coefficient (Wildman–Crippen LogP) is 3.89. The fourth-order valence-electron chi connectivity index (χ4n) is 3.09. The van der Waals surface area contributed by atoms with Crippen molar-refractivity contribution in [3.63, 3.8) is 0 Å². The molecule has 4 nitrogen and oxygen atoms in total. The molecule has 0 bridgehead atoms. The number of benzene rings is 2. The Balaban J connectivity index is 1.61. The van der Waals surface area contributed by atoms with Gasteiger partial charge in [0.2, 0.25) is 0 Å². The molecule has 4 rings (SSSR count). The van der Waals surface area contributed by atoms with Gasteiger partial charge in [0.1, 0.15) is 11.6 Å². The van der Waals surface area contributed by atoms with Gasteiger partial charge >= 0.3 is 0 Å². The first kappa shape index (κ1) is 14.6. The third kappa shape index (κ3) is 2.58. The molecule has 0 aliphatic carbocycles. The Morgan fingerprint density at radius 1 is 1.17 bits per heavy atom. The molecule has 5 heteroatoms. The van der Waals surface area contributed by atoms with Gasteiger partial charge < -0.3 is 9.88 Å². The smallest absolute Gasteiger partial charge is 0.258 e. The van der Waals surface area contributed by atoms with Crippen LogP contribution in [0.3, 0.4) is 0 Å². The zero-order chi connectivity index (χ0) is 16.5. The van der Waals surface area contributed by atoms with Crippen molar-refractivity contribution in [2.45, 2.75) is 19.4 Å². The number of carbonyl (C=O) groups is 1. The lowest BCUT2D eigenvalue weighted by Gasteiger charge is -2.09. The summed E-state index contributed by atoms with van der Waals surface area (Å²) in [5, 5.41) is 2.76. The largest absolute Gasteiger partial charge is 0.328 e. The Bertz CT molecular complexity index is 916. The van der Waals surface area contributed by atoms with Crippen LogP contribution >= 0.6 is 0 Å². The van der Waals surface area contributed by atoms with Crippen molar-refractivity contribution in [1.82, 2.24) is 9.55 Å². The van der Waals surface area contributed by atoms with Gasteiger partial charge in [-0.05, 0) is 30.7 Å². The normalized spacial score (nSPS) is 12.9. The summed E-state index contributed by atoms with van der Waals surface area (Å²) in [5.74, 6) is 0.120. The fraction of sp³-hybridized carbons (Fsp3) is 0.158. The first-order valence-electron chi connectivity index (χ1n) is 7.93. The van der Waals surface area contributed by atoms with E-state index in [0.29, 0.717) is 5.69 Å². The highest BCUT2D eigenvalue weighted by Gasteiger charge is 2.17. The van der Waals surface area contributed by atoms with Gasteiger partial charge in [0.15, 0.2) is 0 Å². The van der Waals surface area contributed by atoms with Gasteiger partial charge in [-0.25, -0.2) is 9.37 Å². The molecule has 2 heterocycles. The predicted molar refractivity (Wildman–Crippen MR) is 90.3 cm³/mol. The van der Waals surface area contributed by atoms with E-state index < -0.39 is 11.7 Å². The molecule has 120 valence electrons. The molecule has 1 amide bonds. The van der Waals surface area contributed by atoms with Crippen LogP contribution in [-0.4, -0.2) is 15.5 Å². The summed E-state index contributed by atoms with van der Waals surface area (Å²) in [5.41, 5.74) is 2.70. The third-order valence-electron chi connectivity index (χ3n) is 4.26. The summed E-state index contributed by atoms with van der Waals surface area (Å²) in [4.78, 5) is 16.7. The van der Waals surface area contributed by atoms with E-state index in [1.54, 1.807) is 18.2 Å². The Morgan fingerprint density at radius 3 is 2.92 bits per heavy atom. The van der Waals surface area contributed by atoms with Crippen LogP contribution in [0.4, 0.5) is 10.1 Å². The van der Waals surface area contributed by atoms with Crippen LogP contribution in [0, 0.1) is 5.82 Å². The van der Waals surface area contributed by atoms with Crippen molar-refractivity contribution in [2.75, 3.05) is 5.32 Å². The van der Waals surface area contributed by atoms with Crippen molar-refractivity contribution in [3.05, 3.63) is 71.9 Å². The van der Waals surface area contributed by atoms with E-state index in [-0.39, 0.29) is 5.56 Å². The molecule has 0 unspecified atom stereocenters. The second-order valence-corrected chi connectivity index (χ2v) is 5.83. The molecule has 3 aromatic rings. The maximum atomic E-state index is 13.7. The van der Waals surface area contributed by atoms with Gasteiger partial charge in [-0.2, -0.15) is 0 Å². The van der Waals surface area contributed by atoms with Crippen LogP contribution in [0.5, 0.6) is 0 Å². The minimum absolute atomic E-state index is 0.0353. The van der Waals surface area contributed by atoms with E-state index in [0.717, 1.165) is 36.5 Å². The summed E-state index contributed by atoms with van der Waals surface area (Å²) >= 11 is 0. The molecule has 1 aliphatic rings. The molecule has 0 radical (unpaired) electrons. The molecule has 1 aromatic heterocycles. The minimum Gasteiger partial charge on any atom is -0.328 e. The molecule has 2 aromatic carbocycles. The van der Waals surface area contributed by atoms with E-state index in [1.165, 1.54) is 12.1 Å². The Labute approximate surface area is 139 Å². The maximum absolute atomic E-state index is 13.7. The van der Waals surface area contributed by atoms with E-state index in [9.17, 15) is 9.18 Å². The van der Waals surface area contributed by atoms with Crippen LogP contribution in [0.25, 0.3) is 11.3 Å². The van der Waals surface area contributed by atoms with Crippen LogP contribution < -0.4 is 5.32 Å². The van der Waals surface area contributed by atoms with E-state index in [4.69, 9.17) is 0 Å². The molecule has 24 heavy (non-hydrogen) atoms. The average Bonchev–Trinajstić information content (AvgIpc) is 3.18. The van der Waals surface area contributed by atoms with Gasteiger partial charge in [-0.1, -0.05) is 24.3 Å². The monoisotopic (exact) mass is 321 g/mol. The second kappa shape index (κ2) is 5.92. The number of hydrogen-bond donors (Lipinski definition) is 1. The average molecular weight is 321 g/mol. The zero-order valence-corrected chi connectivity index (χ0v) is 13.0. The summed E-state index contributed by atoms with van der Waals surface area (Å²) < 4.78 is 15.9. The highest BCUT2D eigenvalue weighted by Crippen LogP contribution is 2.27. The zero-order valence-electron chi connectivity index (χ0n) is 13.0. The number of aryl methyl sites for hydroxylation is 1.